The molecule has 0 spiro atoms. The fourth-order valence-electron chi connectivity index (χ4n) is 3.11. The van der Waals surface area contributed by atoms with Crippen LogP contribution < -0.4 is 4.72 Å². The van der Waals surface area contributed by atoms with E-state index in [2.05, 4.69) is 11.6 Å². The Labute approximate surface area is 160 Å². The molecule has 0 radical (unpaired) electrons. The van der Waals surface area contributed by atoms with Crippen LogP contribution in [0.3, 0.4) is 0 Å². The molecule has 1 aromatic carbocycles. The van der Waals surface area contributed by atoms with Crippen LogP contribution in [0.1, 0.15) is 19.8 Å². The van der Waals surface area contributed by atoms with Crippen LogP contribution in [0, 0.1) is 5.92 Å². The summed E-state index contributed by atoms with van der Waals surface area (Å²) in [5.41, 5.74) is 0. The number of nitrogens with zero attached hydrogens (tertiary/aromatic N) is 1. The van der Waals surface area contributed by atoms with Crippen molar-refractivity contribution in [2.75, 3.05) is 39.5 Å². The molecule has 1 aromatic rings. The van der Waals surface area contributed by atoms with Gasteiger partial charge in [-0.15, -0.1) is 0 Å². The number of hydrogen-bond acceptors (Lipinski definition) is 6. The van der Waals surface area contributed by atoms with E-state index in [1.807, 2.05) is 0 Å². The van der Waals surface area contributed by atoms with Crippen molar-refractivity contribution >= 4 is 20.0 Å². The molecule has 2 saturated heterocycles. The predicted octanol–water partition coefficient (Wildman–Crippen LogP) is 0.801. The zero-order valence-electron chi connectivity index (χ0n) is 15.3. The normalized spacial score (nSPS) is 23.4. The van der Waals surface area contributed by atoms with Crippen molar-refractivity contribution in [3.05, 3.63) is 24.3 Å². The molecule has 152 valence electrons. The van der Waals surface area contributed by atoms with Gasteiger partial charge >= 0.3 is 0 Å². The second-order valence-corrected chi connectivity index (χ2v) is 10.7. The van der Waals surface area contributed by atoms with E-state index < -0.39 is 20.0 Å². The zero-order valence-corrected chi connectivity index (χ0v) is 17.0. The summed E-state index contributed by atoms with van der Waals surface area (Å²) in [6, 6.07) is 5.34. The van der Waals surface area contributed by atoms with Gasteiger partial charge in [0.15, 0.2) is 0 Å². The molecular formula is C17H26N2O6S2. The predicted molar refractivity (Wildman–Crippen MR) is 99.3 cm³/mol. The molecule has 0 saturated carbocycles. The maximum atomic E-state index is 12.7. The average molecular weight is 419 g/mol. The molecule has 0 amide bonds. The lowest BCUT2D eigenvalue weighted by Gasteiger charge is -2.29. The number of benzene rings is 1. The summed E-state index contributed by atoms with van der Waals surface area (Å²) in [6.07, 6.45) is 1.35. The Bertz CT molecular complexity index is 825. The molecule has 0 bridgehead atoms. The maximum Gasteiger partial charge on any atom is 0.243 e. The van der Waals surface area contributed by atoms with Crippen LogP contribution in [-0.4, -0.2) is 66.7 Å². The van der Waals surface area contributed by atoms with Crippen molar-refractivity contribution in [1.82, 2.24) is 9.03 Å². The van der Waals surface area contributed by atoms with Gasteiger partial charge in [-0.25, -0.2) is 21.6 Å². The summed E-state index contributed by atoms with van der Waals surface area (Å²) in [7, 11) is -7.34. The fraction of sp³-hybridized carbons (Fsp3) is 0.647. The first-order chi connectivity index (χ1) is 12.8. The Hall–Kier alpha value is -1.04. The second-order valence-electron chi connectivity index (χ2n) is 6.98. The Balaban J connectivity index is 1.66. The highest BCUT2D eigenvalue weighted by molar-refractivity contribution is 7.89. The van der Waals surface area contributed by atoms with Gasteiger partial charge in [-0.2, -0.15) is 4.31 Å². The van der Waals surface area contributed by atoms with Gasteiger partial charge in [0.1, 0.15) is 0 Å². The van der Waals surface area contributed by atoms with Gasteiger partial charge < -0.3 is 9.47 Å². The average Bonchev–Trinajstić information content (AvgIpc) is 2.68. The number of sulfonamides is 2. The molecule has 2 fully saturated rings. The summed E-state index contributed by atoms with van der Waals surface area (Å²) >= 11 is 0. The first-order valence-corrected chi connectivity index (χ1v) is 12.0. The molecule has 2 aliphatic rings. The fourth-order valence-corrected chi connectivity index (χ4v) is 5.64. The molecule has 8 nitrogen and oxygen atoms in total. The van der Waals surface area contributed by atoms with Gasteiger partial charge in [0.2, 0.25) is 20.0 Å². The first kappa shape index (κ1) is 20.7. The molecule has 3 rings (SSSR count). The summed E-state index contributed by atoms with van der Waals surface area (Å²) in [6.45, 7) is 4.50. The molecule has 27 heavy (non-hydrogen) atoms. The largest absolute Gasteiger partial charge is 0.376 e. The highest BCUT2D eigenvalue weighted by Gasteiger charge is 2.28. The highest BCUT2D eigenvalue weighted by Crippen LogP contribution is 2.24. The quantitative estimate of drug-likeness (QED) is 0.733. The third-order valence-electron chi connectivity index (χ3n) is 4.90. The van der Waals surface area contributed by atoms with Crippen LogP contribution in [0.2, 0.25) is 0 Å². The van der Waals surface area contributed by atoms with Crippen molar-refractivity contribution in [3.8, 4) is 0 Å². The van der Waals surface area contributed by atoms with E-state index in [-0.39, 0.29) is 22.4 Å². The highest BCUT2D eigenvalue weighted by atomic mass is 32.2. The van der Waals surface area contributed by atoms with Crippen molar-refractivity contribution in [3.63, 3.8) is 0 Å². The number of piperidine rings is 1. The van der Waals surface area contributed by atoms with E-state index in [4.69, 9.17) is 9.47 Å². The van der Waals surface area contributed by atoms with E-state index in [1.54, 1.807) is 0 Å². The minimum Gasteiger partial charge on any atom is -0.376 e. The third kappa shape index (κ3) is 5.07. The van der Waals surface area contributed by atoms with E-state index in [1.165, 1.54) is 28.6 Å². The summed E-state index contributed by atoms with van der Waals surface area (Å²) < 4.78 is 64.8. The second kappa shape index (κ2) is 8.54. The van der Waals surface area contributed by atoms with Crippen LogP contribution in [-0.2, 0) is 29.5 Å². The molecule has 0 unspecified atom stereocenters. The molecule has 0 aliphatic carbocycles. The van der Waals surface area contributed by atoms with Gasteiger partial charge in [0.05, 0.1) is 35.7 Å². The summed E-state index contributed by atoms with van der Waals surface area (Å²) in [5, 5.41) is 0. The van der Waals surface area contributed by atoms with E-state index >= 15 is 0 Å². The molecule has 0 aromatic heterocycles. The zero-order chi connectivity index (χ0) is 19.5. The molecule has 1 atom stereocenters. The van der Waals surface area contributed by atoms with E-state index in [9.17, 15) is 16.8 Å². The van der Waals surface area contributed by atoms with Gasteiger partial charge in [0, 0.05) is 19.6 Å². The minimum absolute atomic E-state index is 0.0189. The Kier molecular flexibility index (Phi) is 6.54. The van der Waals surface area contributed by atoms with Crippen LogP contribution in [0.4, 0.5) is 0 Å². The summed E-state index contributed by atoms with van der Waals surface area (Å²) in [4.78, 5) is 0.130. The molecule has 2 aliphatic heterocycles. The van der Waals surface area contributed by atoms with E-state index in [0.717, 1.165) is 12.8 Å². The lowest BCUT2D eigenvalue weighted by Crippen LogP contribution is -2.39. The third-order valence-corrected chi connectivity index (χ3v) is 8.25. The van der Waals surface area contributed by atoms with Gasteiger partial charge in [-0.05, 0) is 43.0 Å². The molecule has 10 heteroatoms. The standard InChI is InChI=1S/C17H26N2O6S2/c1-14-6-8-19(9-7-14)27(22,23)17-4-2-16(3-5-17)26(20,21)18-12-15-13-24-10-11-25-15/h2-5,14-15,18H,6-13H2,1H3/t15-/m1/s1. The van der Waals surface area contributed by atoms with Crippen LogP contribution in [0.25, 0.3) is 0 Å². The maximum absolute atomic E-state index is 12.7. The van der Waals surface area contributed by atoms with Crippen molar-refractivity contribution in [2.24, 2.45) is 5.92 Å². The lowest BCUT2D eigenvalue weighted by atomic mass is 10.0. The Morgan fingerprint density at radius 3 is 2.26 bits per heavy atom. The Morgan fingerprint density at radius 1 is 1.04 bits per heavy atom. The molecule has 1 N–H and O–H groups in total. The minimum atomic E-state index is -3.75. The van der Waals surface area contributed by atoms with Gasteiger partial charge in [-0.1, -0.05) is 6.92 Å². The number of rotatable bonds is 6. The van der Waals surface area contributed by atoms with Crippen molar-refractivity contribution in [2.45, 2.75) is 35.7 Å². The molecule has 2 heterocycles. The topological polar surface area (TPSA) is 102 Å². The van der Waals surface area contributed by atoms with Gasteiger partial charge in [-0.3, -0.25) is 0 Å². The first-order valence-electron chi connectivity index (χ1n) is 9.08. The van der Waals surface area contributed by atoms with E-state index in [0.29, 0.717) is 38.8 Å². The van der Waals surface area contributed by atoms with Crippen molar-refractivity contribution < 1.29 is 26.3 Å². The van der Waals surface area contributed by atoms with Crippen LogP contribution >= 0.6 is 0 Å². The smallest absolute Gasteiger partial charge is 0.243 e. The monoisotopic (exact) mass is 418 g/mol. The van der Waals surface area contributed by atoms with Crippen LogP contribution in [0.5, 0.6) is 0 Å². The summed E-state index contributed by atoms with van der Waals surface area (Å²) in [5.74, 6) is 0.522. The van der Waals surface area contributed by atoms with Crippen molar-refractivity contribution in [1.29, 1.82) is 0 Å². The lowest BCUT2D eigenvalue weighted by molar-refractivity contribution is -0.0846. The number of ether oxygens (including phenoxy) is 2. The SMILES string of the molecule is CC1CCN(S(=O)(=O)c2ccc(S(=O)(=O)NC[C@@H]3COCCO3)cc2)CC1. The molecular weight excluding hydrogens is 392 g/mol. The number of hydrogen-bond donors (Lipinski definition) is 1. The Morgan fingerprint density at radius 2 is 1.67 bits per heavy atom. The van der Waals surface area contributed by atoms with Crippen LogP contribution in [0.15, 0.2) is 34.1 Å². The van der Waals surface area contributed by atoms with Gasteiger partial charge in [0.25, 0.3) is 0 Å². The number of nitrogens with one attached hydrogen (secondary N) is 1.